The van der Waals surface area contributed by atoms with E-state index in [1.54, 1.807) is 0 Å². The Morgan fingerprint density at radius 2 is 1.00 bits per heavy atom. The van der Waals surface area contributed by atoms with Crippen LogP contribution in [0.3, 0.4) is 0 Å². The summed E-state index contributed by atoms with van der Waals surface area (Å²) in [4.78, 5) is 25.5. The summed E-state index contributed by atoms with van der Waals surface area (Å²) in [6.45, 7) is 4.61. The van der Waals surface area contributed by atoms with E-state index in [1.165, 1.54) is 13.8 Å². The molecule has 0 atom stereocenters. The van der Waals surface area contributed by atoms with Crippen LogP contribution in [0.1, 0.15) is 47.2 Å². The van der Waals surface area contributed by atoms with Crippen LogP contribution in [0.2, 0.25) is 0 Å². The Kier molecular flexibility index (Phi) is 15.8. The Hall–Kier alpha value is -3.59. The zero-order valence-corrected chi connectivity index (χ0v) is 21.9. The second-order valence-corrected chi connectivity index (χ2v) is 7.51. The molecular formula is C24H24CoF6N2O6. The molecular weight excluding hydrogens is 585 g/mol. The molecule has 0 aliphatic carbocycles. The molecule has 0 saturated carbocycles. The minimum atomic E-state index is -4.57. The predicted molar refractivity (Wildman–Crippen MR) is 122 cm³/mol. The van der Waals surface area contributed by atoms with Gasteiger partial charge in [0, 0.05) is 35.5 Å². The Morgan fingerprint density at radius 3 is 1.23 bits per heavy atom. The summed E-state index contributed by atoms with van der Waals surface area (Å²) in [6, 6.07) is 3.16. The van der Waals surface area contributed by atoms with E-state index in [0.29, 0.717) is 0 Å². The first-order chi connectivity index (χ1) is 17.3. The molecule has 1 radical (unpaired) electrons. The maximum absolute atomic E-state index is 12.9. The van der Waals surface area contributed by atoms with Crippen molar-refractivity contribution in [1.29, 1.82) is 0 Å². The summed E-state index contributed by atoms with van der Waals surface area (Å²) < 4.78 is 77.1. The molecule has 15 heteroatoms. The number of carbonyl (C=O) groups excluding carboxylic acids is 2. The van der Waals surface area contributed by atoms with Crippen molar-refractivity contribution in [3.63, 3.8) is 0 Å². The Balaban J connectivity index is 0. The summed E-state index contributed by atoms with van der Waals surface area (Å²) in [6.07, 6.45) is -7.01. The van der Waals surface area contributed by atoms with Crippen LogP contribution in [0.5, 0.6) is 11.5 Å². The van der Waals surface area contributed by atoms with Crippen molar-refractivity contribution in [2.45, 2.75) is 40.0 Å². The van der Waals surface area contributed by atoms with Crippen molar-refractivity contribution < 1.29 is 73.1 Å². The summed E-state index contributed by atoms with van der Waals surface area (Å²) in [5, 5.41) is 37.5. The van der Waals surface area contributed by atoms with Gasteiger partial charge in [-0.05, 0) is 63.1 Å². The number of hydrogen-bond donors (Lipinski definition) is 2. The van der Waals surface area contributed by atoms with Crippen LogP contribution in [0.15, 0.2) is 34.3 Å². The molecule has 39 heavy (non-hydrogen) atoms. The van der Waals surface area contributed by atoms with E-state index >= 15 is 0 Å². The molecule has 0 aliphatic rings. The molecule has 0 aliphatic heterocycles. The minimum absolute atomic E-state index is 0. The third-order valence-corrected chi connectivity index (χ3v) is 4.13. The Labute approximate surface area is 229 Å². The maximum Gasteiger partial charge on any atom is 2.00 e. The van der Waals surface area contributed by atoms with Crippen LogP contribution >= 0.6 is 0 Å². The van der Waals surface area contributed by atoms with Crippen LogP contribution in [-0.4, -0.2) is 47.7 Å². The number of alkyl halides is 6. The van der Waals surface area contributed by atoms with Gasteiger partial charge in [0.25, 0.3) is 0 Å². The number of phenolic OH excluding ortho intramolecular Hbond substituents is 2. The van der Waals surface area contributed by atoms with Gasteiger partial charge in [-0.2, -0.15) is 26.3 Å². The summed E-state index contributed by atoms with van der Waals surface area (Å²) in [5.41, 5.74) is -1.99. The molecule has 8 nitrogen and oxygen atoms in total. The number of aryl methyl sites for hydroxylation is 2. The first kappa shape index (κ1) is 37.6. The van der Waals surface area contributed by atoms with Gasteiger partial charge in [-0.25, -0.2) is 0 Å². The van der Waals surface area contributed by atoms with Crippen LogP contribution < -0.4 is 10.2 Å². The number of carbonyl (C=O) groups is 2. The molecule has 0 bridgehead atoms. The molecule has 2 N–H and O–H groups in total. The zero-order valence-electron chi connectivity index (χ0n) is 20.9. The molecule has 0 heterocycles. The smallest absolute Gasteiger partial charge is 0.550 e. The van der Waals surface area contributed by atoms with Gasteiger partial charge in [-0.15, -0.1) is 0 Å². The van der Waals surface area contributed by atoms with Gasteiger partial charge in [0.1, 0.15) is 11.5 Å². The molecule has 0 saturated heterocycles. The molecule has 2 rings (SSSR count). The topological polar surface area (TPSA) is 145 Å². The average Bonchev–Trinajstić information content (AvgIpc) is 2.73. The van der Waals surface area contributed by atoms with Crippen molar-refractivity contribution in [2.75, 3.05) is 13.1 Å². The third-order valence-electron chi connectivity index (χ3n) is 4.13. The van der Waals surface area contributed by atoms with E-state index in [4.69, 9.17) is 19.8 Å². The van der Waals surface area contributed by atoms with E-state index in [2.05, 4.69) is 9.98 Å². The van der Waals surface area contributed by atoms with Crippen LogP contribution in [0.4, 0.5) is 26.3 Å². The van der Waals surface area contributed by atoms with Gasteiger partial charge in [0.2, 0.25) is 0 Å². The number of halogens is 6. The average molecular weight is 609 g/mol. The molecule has 2 aromatic carbocycles. The number of phenols is 2. The van der Waals surface area contributed by atoms with Crippen LogP contribution in [0.25, 0.3) is 0 Å². The van der Waals surface area contributed by atoms with Gasteiger partial charge < -0.3 is 30.0 Å². The standard InChI is InChI=1S/C20H18F6N2O2.2C2H4O2.Co/c1-11-5-15(19(21,22)23)7-13(17(11)29)9-27-3-4-28-10-14-8-16(20(24,25)26)6-12(2)18(14)30;2*1-2(3)4;/h5-10,29-30H,3-4H2,1-2H3;2*1H3,(H,3,4);/q;;;+2/p-2. The second kappa shape index (κ2) is 16.4. The maximum atomic E-state index is 12.9. The van der Waals surface area contributed by atoms with E-state index in [9.17, 15) is 36.6 Å². The fourth-order valence-electron chi connectivity index (χ4n) is 2.58. The molecule has 217 valence electrons. The van der Waals surface area contributed by atoms with Gasteiger partial charge in [0.05, 0.1) is 24.2 Å². The first-order valence-corrected chi connectivity index (χ1v) is 10.4. The van der Waals surface area contributed by atoms with Gasteiger partial charge in [-0.1, -0.05) is 0 Å². The van der Waals surface area contributed by atoms with Gasteiger partial charge in [-0.3, -0.25) is 9.98 Å². The van der Waals surface area contributed by atoms with Crippen molar-refractivity contribution in [2.24, 2.45) is 9.98 Å². The van der Waals surface area contributed by atoms with E-state index in [0.717, 1.165) is 50.5 Å². The van der Waals surface area contributed by atoms with Gasteiger partial charge in [0.15, 0.2) is 0 Å². The molecule has 0 spiro atoms. The number of benzene rings is 2. The van der Waals surface area contributed by atoms with E-state index in [-0.39, 0.29) is 63.6 Å². The number of nitrogens with zero attached hydrogens (tertiary/aromatic N) is 2. The van der Waals surface area contributed by atoms with Crippen molar-refractivity contribution >= 4 is 24.4 Å². The van der Waals surface area contributed by atoms with Crippen molar-refractivity contribution in [3.8, 4) is 11.5 Å². The van der Waals surface area contributed by atoms with Crippen LogP contribution in [-0.2, 0) is 38.7 Å². The van der Waals surface area contributed by atoms with Gasteiger partial charge >= 0.3 is 29.1 Å². The molecule has 2 aromatic rings. The Bertz CT molecular complexity index is 1080. The number of hydrogen-bond acceptors (Lipinski definition) is 8. The molecule has 0 fully saturated rings. The number of carboxylic acid groups (broad SMARTS) is 2. The normalized spacial score (nSPS) is 11.2. The van der Waals surface area contributed by atoms with Crippen molar-refractivity contribution in [1.82, 2.24) is 0 Å². The van der Waals surface area contributed by atoms with E-state index < -0.39 is 35.4 Å². The molecule has 0 unspecified atom stereocenters. The predicted octanol–water partition coefficient (Wildman–Crippen LogP) is 2.80. The zero-order chi connectivity index (χ0) is 29.8. The third kappa shape index (κ3) is 14.8. The minimum Gasteiger partial charge on any atom is -0.550 e. The number of carboxylic acids is 2. The second-order valence-electron chi connectivity index (χ2n) is 7.51. The quantitative estimate of drug-likeness (QED) is 0.303. The summed E-state index contributed by atoms with van der Waals surface area (Å²) in [5.74, 6) is -2.83. The number of aromatic hydroxyl groups is 2. The van der Waals surface area contributed by atoms with Crippen LogP contribution in [0, 0.1) is 13.8 Å². The van der Waals surface area contributed by atoms with E-state index in [1.807, 2.05) is 0 Å². The number of aliphatic imine (C=N–C) groups is 2. The fourth-order valence-corrected chi connectivity index (χ4v) is 2.58. The largest absolute Gasteiger partial charge is 2.00 e. The molecule has 0 aromatic heterocycles. The van der Waals surface area contributed by atoms with Crippen molar-refractivity contribution in [3.05, 3.63) is 57.6 Å². The SMILES string of the molecule is CC(=O)[O-].CC(=O)[O-].Cc1cc(C(F)(F)F)cc(C=NCCN=Cc2cc(C(F)(F)F)cc(C)c2O)c1O.[Co+2]. The summed E-state index contributed by atoms with van der Waals surface area (Å²) in [7, 11) is 0. The first-order valence-electron chi connectivity index (χ1n) is 10.4. The Morgan fingerprint density at radius 1 is 0.744 bits per heavy atom. The number of aliphatic carboxylic acids is 2. The molecule has 0 amide bonds. The monoisotopic (exact) mass is 609 g/mol. The number of rotatable bonds is 5. The fraction of sp³-hybridized carbons (Fsp3) is 0.333. The summed E-state index contributed by atoms with van der Waals surface area (Å²) >= 11 is 0.